The lowest BCUT2D eigenvalue weighted by Crippen LogP contribution is -2.48. The number of piperazine rings is 1. The third-order valence-electron chi connectivity index (χ3n) is 5.65. The zero-order valence-electron chi connectivity index (χ0n) is 16.7. The molecule has 4 aromatic rings. The van der Waals surface area contributed by atoms with Crippen molar-refractivity contribution in [1.82, 2.24) is 25.1 Å². The molecule has 0 amide bonds. The highest BCUT2D eigenvalue weighted by molar-refractivity contribution is 5.41. The van der Waals surface area contributed by atoms with E-state index in [2.05, 4.69) is 86.0 Å². The Bertz CT molecular complexity index is 1020. The van der Waals surface area contributed by atoms with Crippen LogP contribution in [0.25, 0.3) is 5.69 Å². The molecule has 6 heteroatoms. The van der Waals surface area contributed by atoms with Gasteiger partial charge >= 0.3 is 0 Å². The van der Waals surface area contributed by atoms with Gasteiger partial charge in [0.25, 0.3) is 0 Å². The third kappa shape index (κ3) is 3.69. The van der Waals surface area contributed by atoms with E-state index in [9.17, 15) is 0 Å². The van der Waals surface area contributed by atoms with Crippen LogP contribution >= 0.6 is 0 Å². The van der Waals surface area contributed by atoms with Crippen LogP contribution in [0.3, 0.4) is 0 Å². The summed E-state index contributed by atoms with van der Waals surface area (Å²) in [5, 5.41) is 12.5. The number of hydrogen-bond donors (Lipinski definition) is 0. The zero-order chi connectivity index (χ0) is 20.2. The number of tetrazole rings is 1. The van der Waals surface area contributed by atoms with Crippen LogP contribution in [-0.2, 0) is 0 Å². The molecule has 1 aromatic heterocycles. The Morgan fingerprint density at radius 2 is 1.17 bits per heavy atom. The fourth-order valence-corrected chi connectivity index (χ4v) is 4.18. The summed E-state index contributed by atoms with van der Waals surface area (Å²) in [5.41, 5.74) is 3.63. The van der Waals surface area contributed by atoms with E-state index >= 15 is 0 Å². The molecule has 30 heavy (non-hydrogen) atoms. The van der Waals surface area contributed by atoms with Crippen molar-refractivity contribution in [2.45, 2.75) is 6.04 Å². The summed E-state index contributed by atoms with van der Waals surface area (Å²) in [4.78, 5) is 4.83. The van der Waals surface area contributed by atoms with Crippen LogP contribution in [0.15, 0.2) is 91.0 Å². The first-order valence-electron chi connectivity index (χ1n) is 10.3. The summed E-state index contributed by atoms with van der Waals surface area (Å²) in [7, 11) is 0. The average Bonchev–Trinajstić information content (AvgIpc) is 3.32. The summed E-state index contributed by atoms with van der Waals surface area (Å²) < 4.78 is 1.82. The lowest BCUT2D eigenvalue weighted by molar-refractivity contribution is 0.211. The Balaban J connectivity index is 1.37. The van der Waals surface area contributed by atoms with Crippen molar-refractivity contribution in [2.75, 3.05) is 31.1 Å². The van der Waals surface area contributed by atoms with Gasteiger partial charge < -0.3 is 4.90 Å². The molecule has 1 fully saturated rings. The van der Waals surface area contributed by atoms with Crippen LogP contribution in [0.2, 0.25) is 0 Å². The van der Waals surface area contributed by atoms with Gasteiger partial charge in [0.1, 0.15) is 0 Å². The molecule has 0 N–H and O–H groups in total. The van der Waals surface area contributed by atoms with Gasteiger partial charge in [-0.2, -0.15) is 4.68 Å². The monoisotopic (exact) mass is 396 g/mol. The molecule has 1 aliphatic heterocycles. The van der Waals surface area contributed by atoms with Crippen molar-refractivity contribution in [3.8, 4) is 5.69 Å². The van der Waals surface area contributed by atoms with E-state index in [4.69, 9.17) is 0 Å². The van der Waals surface area contributed by atoms with Crippen molar-refractivity contribution in [3.05, 3.63) is 102 Å². The van der Waals surface area contributed by atoms with E-state index in [1.54, 1.807) is 0 Å². The third-order valence-corrected chi connectivity index (χ3v) is 5.65. The molecule has 1 saturated heterocycles. The minimum Gasteiger partial charge on any atom is -0.337 e. The van der Waals surface area contributed by atoms with Gasteiger partial charge in [-0.25, -0.2) is 0 Å². The summed E-state index contributed by atoms with van der Waals surface area (Å²) in [6, 6.07) is 31.8. The number of para-hydroxylation sites is 1. The quantitative estimate of drug-likeness (QED) is 0.516. The highest BCUT2D eigenvalue weighted by atomic mass is 15.6. The highest BCUT2D eigenvalue weighted by Gasteiger charge is 2.28. The Labute approximate surface area is 176 Å². The number of nitrogens with zero attached hydrogens (tertiary/aromatic N) is 6. The second kappa shape index (κ2) is 8.47. The number of anilines is 1. The van der Waals surface area contributed by atoms with Crippen molar-refractivity contribution >= 4 is 5.95 Å². The van der Waals surface area contributed by atoms with Crippen LogP contribution in [0, 0.1) is 0 Å². The zero-order valence-corrected chi connectivity index (χ0v) is 16.7. The van der Waals surface area contributed by atoms with Crippen LogP contribution in [-0.4, -0.2) is 51.3 Å². The highest BCUT2D eigenvalue weighted by Crippen LogP contribution is 2.30. The first kappa shape index (κ1) is 18.5. The summed E-state index contributed by atoms with van der Waals surface area (Å²) in [6.45, 7) is 3.64. The van der Waals surface area contributed by atoms with E-state index in [-0.39, 0.29) is 6.04 Å². The fraction of sp³-hybridized carbons (Fsp3) is 0.208. The smallest absolute Gasteiger partial charge is 0.250 e. The Kier molecular flexibility index (Phi) is 5.23. The second-order valence-corrected chi connectivity index (χ2v) is 7.47. The molecular formula is C24H24N6. The van der Waals surface area contributed by atoms with E-state index in [1.165, 1.54) is 11.1 Å². The van der Waals surface area contributed by atoms with Crippen LogP contribution in [0.4, 0.5) is 5.95 Å². The van der Waals surface area contributed by atoms with Crippen LogP contribution in [0.5, 0.6) is 0 Å². The minimum absolute atomic E-state index is 0.250. The normalized spacial score (nSPS) is 14.9. The van der Waals surface area contributed by atoms with E-state index in [0.29, 0.717) is 0 Å². The van der Waals surface area contributed by atoms with Gasteiger partial charge in [-0.3, -0.25) is 4.90 Å². The van der Waals surface area contributed by atoms with Crippen LogP contribution < -0.4 is 4.90 Å². The summed E-state index contributed by atoms with van der Waals surface area (Å²) in [5.74, 6) is 0.803. The number of rotatable bonds is 5. The van der Waals surface area contributed by atoms with Crippen LogP contribution in [0.1, 0.15) is 17.2 Å². The number of hydrogen-bond acceptors (Lipinski definition) is 5. The van der Waals surface area contributed by atoms with E-state index in [1.807, 2.05) is 35.0 Å². The molecule has 0 aliphatic carbocycles. The van der Waals surface area contributed by atoms with Gasteiger partial charge in [-0.1, -0.05) is 84.0 Å². The predicted octanol–water partition coefficient (Wildman–Crippen LogP) is 3.57. The van der Waals surface area contributed by atoms with Crippen molar-refractivity contribution in [1.29, 1.82) is 0 Å². The van der Waals surface area contributed by atoms with Gasteiger partial charge in [0.15, 0.2) is 0 Å². The Morgan fingerprint density at radius 3 is 1.73 bits per heavy atom. The second-order valence-electron chi connectivity index (χ2n) is 7.47. The maximum atomic E-state index is 4.31. The topological polar surface area (TPSA) is 50.1 Å². The van der Waals surface area contributed by atoms with Gasteiger partial charge in [0.2, 0.25) is 5.95 Å². The first-order chi connectivity index (χ1) is 14.9. The molecule has 3 aromatic carbocycles. The molecular weight excluding hydrogens is 372 g/mol. The largest absolute Gasteiger partial charge is 0.337 e. The van der Waals surface area contributed by atoms with Gasteiger partial charge in [0.05, 0.1) is 11.7 Å². The summed E-state index contributed by atoms with van der Waals surface area (Å²) >= 11 is 0. The van der Waals surface area contributed by atoms with Gasteiger partial charge in [-0.05, 0) is 33.7 Å². The lowest BCUT2D eigenvalue weighted by Gasteiger charge is -2.39. The molecule has 2 heterocycles. The lowest BCUT2D eigenvalue weighted by atomic mass is 9.96. The molecule has 6 nitrogen and oxygen atoms in total. The number of benzene rings is 3. The van der Waals surface area contributed by atoms with Crippen molar-refractivity contribution in [2.24, 2.45) is 0 Å². The Hall–Kier alpha value is -3.51. The van der Waals surface area contributed by atoms with E-state index in [0.717, 1.165) is 37.8 Å². The molecule has 1 aliphatic rings. The van der Waals surface area contributed by atoms with E-state index < -0.39 is 0 Å². The van der Waals surface area contributed by atoms with Crippen molar-refractivity contribution in [3.63, 3.8) is 0 Å². The molecule has 0 unspecified atom stereocenters. The summed E-state index contributed by atoms with van der Waals surface area (Å²) in [6.07, 6.45) is 0. The standard InChI is InChI=1S/C24H24N6/c1-4-10-20(11-5-1)23(21-12-6-2-7-13-21)28-16-18-29(19-17-28)24-25-26-27-30(24)22-14-8-3-9-15-22/h1-15,23H,16-19H2. The number of aromatic nitrogens is 4. The SMILES string of the molecule is c1ccc(C(c2ccccc2)N2CCN(c3nnnn3-c3ccccc3)CC2)cc1. The molecule has 0 spiro atoms. The maximum Gasteiger partial charge on any atom is 0.250 e. The first-order valence-corrected chi connectivity index (χ1v) is 10.3. The minimum atomic E-state index is 0.250. The molecule has 5 rings (SSSR count). The predicted molar refractivity (Wildman–Crippen MR) is 118 cm³/mol. The van der Waals surface area contributed by atoms with Gasteiger partial charge in [0, 0.05) is 26.2 Å². The molecule has 0 atom stereocenters. The van der Waals surface area contributed by atoms with Crippen molar-refractivity contribution < 1.29 is 0 Å². The molecule has 150 valence electrons. The fourth-order valence-electron chi connectivity index (χ4n) is 4.18. The molecule has 0 radical (unpaired) electrons. The molecule has 0 bridgehead atoms. The van der Waals surface area contributed by atoms with Gasteiger partial charge in [-0.15, -0.1) is 0 Å². The average molecular weight is 396 g/mol. The molecule has 0 saturated carbocycles. The Morgan fingerprint density at radius 1 is 0.633 bits per heavy atom. The maximum absolute atomic E-state index is 4.31.